The Kier molecular flexibility index (Phi) is 4.92. The standard InChI is InChI=1S/C13H16FNO5S/c14-11-3-1-2-4-12(11)21(18,19)15-7-5-10(6-8-15)20-9-13(16)17/h1-4,10H,5-9H2,(H,16,17). The average molecular weight is 317 g/mol. The van der Waals surface area contributed by atoms with E-state index in [0.29, 0.717) is 12.8 Å². The van der Waals surface area contributed by atoms with Gasteiger partial charge in [-0.25, -0.2) is 17.6 Å². The predicted octanol–water partition coefficient (Wildman–Crippen LogP) is 1.08. The fourth-order valence-corrected chi connectivity index (χ4v) is 3.76. The van der Waals surface area contributed by atoms with Crippen LogP contribution < -0.4 is 0 Å². The molecule has 0 spiro atoms. The number of sulfonamides is 1. The van der Waals surface area contributed by atoms with Crippen molar-refractivity contribution in [1.29, 1.82) is 0 Å². The number of carboxylic acid groups (broad SMARTS) is 1. The van der Waals surface area contributed by atoms with Crippen molar-refractivity contribution in [3.63, 3.8) is 0 Å². The Hall–Kier alpha value is -1.51. The third kappa shape index (κ3) is 3.78. The summed E-state index contributed by atoms with van der Waals surface area (Å²) in [4.78, 5) is 10.1. The van der Waals surface area contributed by atoms with Gasteiger partial charge in [-0.05, 0) is 25.0 Å². The summed E-state index contributed by atoms with van der Waals surface area (Å²) >= 11 is 0. The molecule has 1 fully saturated rings. The van der Waals surface area contributed by atoms with Crippen LogP contribution in [-0.2, 0) is 19.6 Å². The van der Waals surface area contributed by atoms with E-state index in [1.165, 1.54) is 22.5 Å². The molecular formula is C13H16FNO5S. The number of carboxylic acids is 1. The molecule has 1 saturated heterocycles. The highest BCUT2D eigenvalue weighted by Gasteiger charge is 2.31. The van der Waals surface area contributed by atoms with Crippen LogP contribution in [0, 0.1) is 5.82 Å². The summed E-state index contributed by atoms with van der Waals surface area (Å²) in [6.45, 7) is -0.0351. The normalized spacial score (nSPS) is 17.8. The number of hydrogen-bond donors (Lipinski definition) is 1. The minimum absolute atomic E-state index is 0.182. The van der Waals surface area contributed by atoms with Crippen LogP contribution in [0.5, 0.6) is 0 Å². The van der Waals surface area contributed by atoms with Crippen LogP contribution in [0.25, 0.3) is 0 Å². The molecule has 0 atom stereocenters. The molecule has 1 aliphatic heterocycles. The van der Waals surface area contributed by atoms with Crippen LogP contribution in [0.1, 0.15) is 12.8 Å². The first kappa shape index (κ1) is 15.9. The number of benzene rings is 1. The third-order valence-electron chi connectivity index (χ3n) is 3.30. The highest BCUT2D eigenvalue weighted by Crippen LogP contribution is 2.23. The van der Waals surface area contributed by atoms with E-state index in [4.69, 9.17) is 9.84 Å². The van der Waals surface area contributed by atoms with Crippen molar-refractivity contribution in [2.24, 2.45) is 0 Å². The van der Waals surface area contributed by atoms with E-state index < -0.39 is 28.4 Å². The number of nitrogens with zero attached hydrogens (tertiary/aromatic N) is 1. The summed E-state index contributed by atoms with van der Waals surface area (Å²) in [6.07, 6.45) is 0.496. The average Bonchev–Trinajstić information content (AvgIpc) is 2.46. The molecule has 116 valence electrons. The van der Waals surface area contributed by atoms with Crippen LogP contribution in [0.4, 0.5) is 4.39 Å². The van der Waals surface area contributed by atoms with Crippen LogP contribution in [0.15, 0.2) is 29.2 Å². The molecule has 0 saturated carbocycles. The number of carbonyl (C=O) groups is 1. The maximum atomic E-state index is 13.6. The second kappa shape index (κ2) is 6.50. The van der Waals surface area contributed by atoms with E-state index in [2.05, 4.69) is 0 Å². The van der Waals surface area contributed by atoms with Gasteiger partial charge in [-0.15, -0.1) is 0 Å². The number of piperidine rings is 1. The van der Waals surface area contributed by atoms with Gasteiger partial charge in [-0.2, -0.15) is 4.31 Å². The van der Waals surface area contributed by atoms with E-state index in [0.717, 1.165) is 6.07 Å². The smallest absolute Gasteiger partial charge is 0.329 e. The maximum absolute atomic E-state index is 13.6. The fraction of sp³-hybridized carbons (Fsp3) is 0.462. The molecule has 1 aromatic rings. The molecule has 6 nitrogen and oxygen atoms in total. The van der Waals surface area contributed by atoms with Gasteiger partial charge in [0.05, 0.1) is 6.10 Å². The van der Waals surface area contributed by atoms with E-state index in [1.807, 2.05) is 0 Å². The summed E-state index contributed by atoms with van der Waals surface area (Å²) in [6, 6.07) is 5.24. The Morgan fingerprint density at radius 3 is 2.52 bits per heavy atom. The van der Waals surface area contributed by atoms with Gasteiger partial charge < -0.3 is 9.84 Å². The van der Waals surface area contributed by atoms with Crippen LogP contribution in [0.2, 0.25) is 0 Å². The largest absolute Gasteiger partial charge is 0.480 e. The van der Waals surface area contributed by atoms with Crippen molar-refractivity contribution in [2.45, 2.75) is 23.8 Å². The molecule has 0 radical (unpaired) electrons. The monoisotopic (exact) mass is 317 g/mol. The highest BCUT2D eigenvalue weighted by molar-refractivity contribution is 7.89. The molecule has 21 heavy (non-hydrogen) atoms. The van der Waals surface area contributed by atoms with E-state index in [1.54, 1.807) is 0 Å². The Morgan fingerprint density at radius 1 is 1.33 bits per heavy atom. The predicted molar refractivity (Wildman–Crippen MR) is 71.8 cm³/mol. The van der Waals surface area contributed by atoms with Gasteiger partial charge in [0.15, 0.2) is 0 Å². The van der Waals surface area contributed by atoms with E-state index >= 15 is 0 Å². The number of hydrogen-bond acceptors (Lipinski definition) is 4. The molecule has 1 aromatic carbocycles. The number of aliphatic carboxylic acids is 1. The van der Waals surface area contributed by atoms with Crippen molar-refractivity contribution in [3.8, 4) is 0 Å². The maximum Gasteiger partial charge on any atom is 0.329 e. The Balaban J connectivity index is 2.01. The molecule has 0 aromatic heterocycles. The molecule has 0 amide bonds. The second-order valence-corrected chi connectivity index (χ2v) is 6.64. The SMILES string of the molecule is O=C(O)COC1CCN(S(=O)(=O)c2ccccc2F)CC1. The summed E-state index contributed by atoms with van der Waals surface area (Å²) in [7, 11) is -3.86. The van der Waals surface area contributed by atoms with Gasteiger partial charge in [-0.1, -0.05) is 12.1 Å². The summed E-state index contributed by atoms with van der Waals surface area (Å²) < 4.78 is 44.6. The van der Waals surface area contributed by atoms with E-state index in [9.17, 15) is 17.6 Å². The van der Waals surface area contributed by atoms with Crippen LogP contribution in [-0.4, -0.2) is 49.6 Å². The zero-order valence-electron chi connectivity index (χ0n) is 11.2. The topological polar surface area (TPSA) is 83.9 Å². The third-order valence-corrected chi connectivity index (χ3v) is 5.23. The van der Waals surface area contributed by atoms with Crippen molar-refractivity contribution >= 4 is 16.0 Å². The Morgan fingerprint density at radius 2 is 1.95 bits per heavy atom. The number of rotatable bonds is 5. The first-order valence-corrected chi connectivity index (χ1v) is 7.93. The minimum Gasteiger partial charge on any atom is -0.480 e. The van der Waals surface area contributed by atoms with Crippen LogP contribution >= 0.6 is 0 Å². The Bertz CT molecular complexity index is 611. The number of halogens is 1. The Labute approximate surface area is 122 Å². The lowest BCUT2D eigenvalue weighted by atomic mass is 10.1. The lowest BCUT2D eigenvalue weighted by Gasteiger charge is -2.30. The van der Waals surface area contributed by atoms with Gasteiger partial charge in [0.2, 0.25) is 10.0 Å². The van der Waals surface area contributed by atoms with Crippen LogP contribution in [0.3, 0.4) is 0 Å². The van der Waals surface area contributed by atoms with Crippen molar-refractivity contribution in [1.82, 2.24) is 4.31 Å². The molecular weight excluding hydrogens is 301 g/mol. The van der Waals surface area contributed by atoms with Crippen molar-refractivity contribution in [2.75, 3.05) is 19.7 Å². The van der Waals surface area contributed by atoms with Gasteiger partial charge in [0, 0.05) is 13.1 Å². The summed E-state index contributed by atoms with van der Waals surface area (Å²) in [5, 5.41) is 8.53. The zero-order chi connectivity index (χ0) is 15.5. The first-order valence-electron chi connectivity index (χ1n) is 6.49. The summed E-state index contributed by atoms with van der Waals surface area (Å²) in [5.41, 5.74) is 0. The quantitative estimate of drug-likeness (QED) is 0.878. The molecule has 8 heteroatoms. The molecule has 0 bridgehead atoms. The van der Waals surface area contributed by atoms with Crippen molar-refractivity contribution in [3.05, 3.63) is 30.1 Å². The minimum atomic E-state index is -3.86. The lowest BCUT2D eigenvalue weighted by molar-refractivity contribution is -0.145. The molecule has 1 heterocycles. The molecule has 1 aliphatic rings. The zero-order valence-corrected chi connectivity index (χ0v) is 12.1. The molecule has 1 N–H and O–H groups in total. The molecule has 0 unspecified atom stereocenters. The van der Waals surface area contributed by atoms with Gasteiger partial charge >= 0.3 is 5.97 Å². The van der Waals surface area contributed by atoms with Gasteiger partial charge in [0.25, 0.3) is 0 Å². The molecule has 0 aliphatic carbocycles. The number of ether oxygens (including phenoxy) is 1. The highest BCUT2D eigenvalue weighted by atomic mass is 32.2. The van der Waals surface area contributed by atoms with E-state index in [-0.39, 0.29) is 24.1 Å². The first-order chi connectivity index (χ1) is 9.91. The fourth-order valence-electron chi connectivity index (χ4n) is 2.22. The lowest BCUT2D eigenvalue weighted by Crippen LogP contribution is -2.41. The van der Waals surface area contributed by atoms with Gasteiger partial charge in [0.1, 0.15) is 17.3 Å². The molecule has 2 rings (SSSR count). The van der Waals surface area contributed by atoms with Gasteiger partial charge in [-0.3, -0.25) is 0 Å². The van der Waals surface area contributed by atoms with Crippen molar-refractivity contribution < 1.29 is 27.4 Å². The summed E-state index contributed by atoms with van der Waals surface area (Å²) in [5.74, 6) is -1.84. The second-order valence-electron chi connectivity index (χ2n) is 4.74.